The lowest BCUT2D eigenvalue weighted by Gasteiger charge is -2.17. The molecule has 13 heavy (non-hydrogen) atoms. The highest BCUT2D eigenvalue weighted by Crippen LogP contribution is 2.28. The van der Waals surface area contributed by atoms with Crippen LogP contribution < -0.4 is 0 Å². The maximum absolute atomic E-state index is 9.77. The molecule has 0 aromatic heterocycles. The van der Waals surface area contributed by atoms with Crippen LogP contribution in [0.2, 0.25) is 0 Å². The van der Waals surface area contributed by atoms with Crippen molar-refractivity contribution in [2.75, 3.05) is 13.2 Å². The number of ether oxygens (including phenoxy) is 1. The molecule has 1 aliphatic carbocycles. The maximum atomic E-state index is 9.77. The Morgan fingerprint density at radius 1 is 1.31 bits per heavy atom. The highest BCUT2D eigenvalue weighted by atomic mass is 16.5. The van der Waals surface area contributed by atoms with Gasteiger partial charge in [0.15, 0.2) is 0 Å². The van der Waals surface area contributed by atoms with Crippen LogP contribution in [0.25, 0.3) is 0 Å². The monoisotopic (exact) mass is 186 g/mol. The molecule has 78 valence electrons. The molecule has 0 heterocycles. The molecule has 1 aliphatic rings. The summed E-state index contributed by atoms with van der Waals surface area (Å²) in [5.74, 6) is 0.560. The van der Waals surface area contributed by atoms with E-state index in [0.29, 0.717) is 5.92 Å². The van der Waals surface area contributed by atoms with E-state index in [1.165, 1.54) is 25.7 Å². The van der Waals surface area contributed by atoms with Gasteiger partial charge in [-0.1, -0.05) is 19.8 Å². The molecule has 0 aliphatic heterocycles. The summed E-state index contributed by atoms with van der Waals surface area (Å²) in [6, 6.07) is 0. The second-order valence-corrected chi connectivity index (χ2v) is 4.01. The fourth-order valence-corrected chi connectivity index (χ4v) is 2.03. The first-order valence-corrected chi connectivity index (χ1v) is 5.60. The quantitative estimate of drug-likeness (QED) is 0.645. The first-order chi connectivity index (χ1) is 6.34. The molecule has 0 saturated heterocycles. The predicted molar refractivity (Wildman–Crippen MR) is 53.7 cm³/mol. The van der Waals surface area contributed by atoms with E-state index in [9.17, 15) is 5.11 Å². The number of hydrogen-bond donors (Lipinski definition) is 1. The Bertz CT molecular complexity index is 119. The van der Waals surface area contributed by atoms with Gasteiger partial charge < -0.3 is 9.84 Å². The lowest BCUT2D eigenvalue weighted by molar-refractivity contribution is 0.0525. The Balaban J connectivity index is 1.99. The SMILES string of the molecule is CCCOCCC(O)C1CCCC1. The summed E-state index contributed by atoms with van der Waals surface area (Å²) in [4.78, 5) is 0. The average Bonchev–Trinajstić information content (AvgIpc) is 2.65. The predicted octanol–water partition coefficient (Wildman–Crippen LogP) is 2.35. The summed E-state index contributed by atoms with van der Waals surface area (Å²) < 4.78 is 5.35. The lowest BCUT2D eigenvalue weighted by atomic mass is 9.99. The van der Waals surface area contributed by atoms with E-state index < -0.39 is 0 Å². The standard InChI is InChI=1S/C11H22O2/c1-2-8-13-9-7-11(12)10-5-3-4-6-10/h10-12H,2-9H2,1H3. The van der Waals surface area contributed by atoms with Crippen molar-refractivity contribution in [3.63, 3.8) is 0 Å². The van der Waals surface area contributed by atoms with E-state index in [-0.39, 0.29) is 6.10 Å². The van der Waals surface area contributed by atoms with Gasteiger partial charge in [-0.3, -0.25) is 0 Å². The van der Waals surface area contributed by atoms with E-state index in [2.05, 4.69) is 6.92 Å². The second-order valence-electron chi connectivity index (χ2n) is 4.01. The van der Waals surface area contributed by atoms with Gasteiger partial charge in [-0.2, -0.15) is 0 Å². The van der Waals surface area contributed by atoms with Crippen LogP contribution in [0.4, 0.5) is 0 Å². The highest BCUT2D eigenvalue weighted by molar-refractivity contribution is 4.74. The molecule has 0 spiro atoms. The third-order valence-electron chi connectivity index (χ3n) is 2.85. The van der Waals surface area contributed by atoms with Crippen LogP contribution in [0.5, 0.6) is 0 Å². The zero-order chi connectivity index (χ0) is 9.52. The van der Waals surface area contributed by atoms with Crippen molar-refractivity contribution >= 4 is 0 Å². The summed E-state index contributed by atoms with van der Waals surface area (Å²) in [5.41, 5.74) is 0. The van der Waals surface area contributed by atoms with E-state index in [1.54, 1.807) is 0 Å². The summed E-state index contributed by atoms with van der Waals surface area (Å²) in [6.07, 6.45) is 6.82. The zero-order valence-corrected chi connectivity index (χ0v) is 8.67. The van der Waals surface area contributed by atoms with Gasteiger partial charge in [-0.05, 0) is 31.6 Å². The zero-order valence-electron chi connectivity index (χ0n) is 8.67. The van der Waals surface area contributed by atoms with Crippen LogP contribution >= 0.6 is 0 Å². The van der Waals surface area contributed by atoms with Gasteiger partial charge in [-0.15, -0.1) is 0 Å². The van der Waals surface area contributed by atoms with Crippen LogP contribution in [0.15, 0.2) is 0 Å². The molecule has 1 N–H and O–H groups in total. The molecule has 1 unspecified atom stereocenters. The van der Waals surface area contributed by atoms with Crippen molar-refractivity contribution in [3.05, 3.63) is 0 Å². The molecular formula is C11H22O2. The molecule has 1 fully saturated rings. The fourth-order valence-electron chi connectivity index (χ4n) is 2.03. The topological polar surface area (TPSA) is 29.5 Å². The van der Waals surface area contributed by atoms with Crippen LogP contribution in [0.3, 0.4) is 0 Å². The molecule has 0 amide bonds. The van der Waals surface area contributed by atoms with E-state index in [4.69, 9.17) is 4.74 Å². The van der Waals surface area contributed by atoms with Crippen LogP contribution in [-0.4, -0.2) is 24.4 Å². The summed E-state index contributed by atoms with van der Waals surface area (Å²) in [5, 5.41) is 9.77. The van der Waals surface area contributed by atoms with Crippen molar-refractivity contribution in [1.82, 2.24) is 0 Å². The maximum Gasteiger partial charge on any atom is 0.0590 e. The van der Waals surface area contributed by atoms with E-state index in [0.717, 1.165) is 26.1 Å². The van der Waals surface area contributed by atoms with Gasteiger partial charge >= 0.3 is 0 Å². The normalized spacial score (nSPS) is 20.8. The fraction of sp³-hybridized carbons (Fsp3) is 1.00. The van der Waals surface area contributed by atoms with Crippen molar-refractivity contribution in [2.24, 2.45) is 5.92 Å². The largest absolute Gasteiger partial charge is 0.393 e. The molecule has 0 bridgehead atoms. The summed E-state index contributed by atoms with van der Waals surface area (Å²) >= 11 is 0. The third-order valence-corrected chi connectivity index (χ3v) is 2.85. The minimum Gasteiger partial charge on any atom is -0.393 e. The van der Waals surface area contributed by atoms with Gasteiger partial charge in [0.05, 0.1) is 6.10 Å². The summed E-state index contributed by atoms with van der Waals surface area (Å²) in [6.45, 7) is 3.66. The van der Waals surface area contributed by atoms with E-state index in [1.807, 2.05) is 0 Å². The van der Waals surface area contributed by atoms with Gasteiger partial charge in [0.1, 0.15) is 0 Å². The average molecular weight is 186 g/mol. The van der Waals surface area contributed by atoms with Crippen molar-refractivity contribution in [3.8, 4) is 0 Å². The van der Waals surface area contributed by atoms with Gasteiger partial charge in [0.25, 0.3) is 0 Å². The molecule has 1 atom stereocenters. The number of aliphatic hydroxyl groups excluding tert-OH is 1. The minimum absolute atomic E-state index is 0.112. The first-order valence-electron chi connectivity index (χ1n) is 5.60. The van der Waals surface area contributed by atoms with E-state index >= 15 is 0 Å². The Kier molecular flexibility index (Phi) is 5.40. The van der Waals surface area contributed by atoms with Crippen LogP contribution in [0.1, 0.15) is 45.4 Å². The van der Waals surface area contributed by atoms with Gasteiger partial charge in [-0.25, -0.2) is 0 Å². The second kappa shape index (κ2) is 6.39. The summed E-state index contributed by atoms with van der Waals surface area (Å²) in [7, 11) is 0. The number of hydrogen-bond acceptors (Lipinski definition) is 2. The Labute approximate surface area is 81.3 Å². The Hall–Kier alpha value is -0.0800. The molecule has 2 nitrogen and oxygen atoms in total. The molecule has 1 saturated carbocycles. The van der Waals surface area contributed by atoms with Crippen LogP contribution in [0, 0.1) is 5.92 Å². The van der Waals surface area contributed by atoms with Gasteiger partial charge in [0, 0.05) is 13.2 Å². The van der Waals surface area contributed by atoms with Crippen molar-refractivity contribution in [1.29, 1.82) is 0 Å². The number of rotatable bonds is 6. The van der Waals surface area contributed by atoms with Crippen molar-refractivity contribution < 1.29 is 9.84 Å². The molecule has 0 aromatic carbocycles. The van der Waals surface area contributed by atoms with Crippen molar-refractivity contribution in [2.45, 2.75) is 51.6 Å². The molecule has 0 radical (unpaired) electrons. The smallest absolute Gasteiger partial charge is 0.0590 e. The third kappa shape index (κ3) is 4.10. The Morgan fingerprint density at radius 3 is 2.62 bits per heavy atom. The molecule has 0 aromatic rings. The Morgan fingerprint density at radius 2 is 2.00 bits per heavy atom. The van der Waals surface area contributed by atoms with Gasteiger partial charge in [0.2, 0.25) is 0 Å². The highest BCUT2D eigenvalue weighted by Gasteiger charge is 2.22. The number of aliphatic hydroxyl groups is 1. The molecule has 2 heteroatoms. The molecular weight excluding hydrogens is 164 g/mol. The first kappa shape index (κ1) is 11.0. The van der Waals surface area contributed by atoms with Crippen LogP contribution in [-0.2, 0) is 4.74 Å². The minimum atomic E-state index is -0.112. The molecule has 1 rings (SSSR count). The lowest BCUT2D eigenvalue weighted by Crippen LogP contribution is -2.19.